The van der Waals surface area contributed by atoms with E-state index in [1.807, 2.05) is 0 Å². The van der Waals surface area contributed by atoms with Crippen LogP contribution in [0.2, 0.25) is 0 Å². The van der Waals surface area contributed by atoms with Crippen LogP contribution < -0.4 is 5.32 Å². The molecule has 0 aromatic carbocycles. The molecule has 0 aromatic heterocycles. The molecule has 1 atom stereocenters. The number of hydrogen-bond acceptors (Lipinski definition) is 4. The molecule has 5 nitrogen and oxygen atoms in total. The summed E-state index contributed by atoms with van der Waals surface area (Å²) in [6.07, 6.45) is 2.68. The molecule has 1 heterocycles. The minimum Gasteiger partial charge on any atom is -0.342 e. The molecular formula is C11H20N2O3S. The normalized spacial score (nSPS) is 22.3. The Labute approximate surface area is 103 Å². The highest BCUT2D eigenvalue weighted by Gasteiger charge is 2.32. The average molecular weight is 260 g/mol. The lowest BCUT2D eigenvalue weighted by Gasteiger charge is -2.23. The topological polar surface area (TPSA) is 66.5 Å². The van der Waals surface area contributed by atoms with Gasteiger partial charge in [-0.05, 0) is 6.42 Å². The van der Waals surface area contributed by atoms with Gasteiger partial charge in [-0.15, -0.1) is 6.58 Å². The van der Waals surface area contributed by atoms with E-state index >= 15 is 0 Å². The van der Waals surface area contributed by atoms with Crippen LogP contribution in [0.4, 0.5) is 0 Å². The molecule has 1 saturated heterocycles. The Balaban J connectivity index is 2.34. The molecule has 0 aliphatic carbocycles. The van der Waals surface area contributed by atoms with Gasteiger partial charge in [-0.3, -0.25) is 4.79 Å². The fourth-order valence-corrected chi connectivity index (χ4v) is 3.63. The number of nitrogens with zero attached hydrogens (tertiary/aromatic N) is 1. The van der Waals surface area contributed by atoms with Crippen molar-refractivity contribution in [3.05, 3.63) is 12.7 Å². The van der Waals surface area contributed by atoms with Crippen LogP contribution in [0.5, 0.6) is 0 Å². The molecule has 1 rings (SSSR count). The van der Waals surface area contributed by atoms with Crippen LogP contribution in [0.25, 0.3) is 0 Å². The summed E-state index contributed by atoms with van der Waals surface area (Å²) in [5.74, 6) is 0.294. The summed E-state index contributed by atoms with van der Waals surface area (Å²) in [5, 5.41) is 3.04. The number of rotatable bonds is 6. The lowest BCUT2D eigenvalue weighted by Crippen LogP contribution is -2.39. The molecule has 1 aliphatic heterocycles. The van der Waals surface area contributed by atoms with Crippen LogP contribution in [-0.2, 0) is 14.6 Å². The molecule has 1 amide bonds. The number of nitrogens with one attached hydrogen (secondary N) is 1. The molecule has 0 spiro atoms. The fourth-order valence-electron chi connectivity index (χ4n) is 1.86. The zero-order valence-electron chi connectivity index (χ0n) is 10.2. The number of hydrogen-bond donors (Lipinski definition) is 1. The highest BCUT2D eigenvalue weighted by Crippen LogP contribution is 2.16. The van der Waals surface area contributed by atoms with Gasteiger partial charge in [0.25, 0.3) is 0 Å². The Kier molecular flexibility index (Phi) is 5.14. The first kappa shape index (κ1) is 14.2. The van der Waals surface area contributed by atoms with Gasteiger partial charge < -0.3 is 10.2 Å². The van der Waals surface area contributed by atoms with Crippen LogP contribution in [0.1, 0.15) is 12.8 Å². The number of sulfone groups is 1. The van der Waals surface area contributed by atoms with E-state index in [9.17, 15) is 13.2 Å². The number of amides is 1. The maximum atomic E-state index is 11.8. The van der Waals surface area contributed by atoms with Gasteiger partial charge in [0.1, 0.15) is 0 Å². The first-order chi connectivity index (χ1) is 7.96. The summed E-state index contributed by atoms with van der Waals surface area (Å²) in [6.45, 7) is 4.83. The maximum Gasteiger partial charge on any atom is 0.223 e. The van der Waals surface area contributed by atoms with Gasteiger partial charge in [0.05, 0.1) is 11.5 Å². The monoisotopic (exact) mass is 260 g/mol. The Morgan fingerprint density at radius 1 is 1.59 bits per heavy atom. The third kappa shape index (κ3) is 4.47. The molecule has 1 fully saturated rings. The van der Waals surface area contributed by atoms with Crippen molar-refractivity contribution >= 4 is 15.7 Å². The van der Waals surface area contributed by atoms with Crippen molar-refractivity contribution < 1.29 is 13.2 Å². The van der Waals surface area contributed by atoms with Crippen molar-refractivity contribution in [2.24, 2.45) is 0 Å². The lowest BCUT2D eigenvalue weighted by molar-refractivity contribution is -0.131. The highest BCUT2D eigenvalue weighted by molar-refractivity contribution is 7.91. The van der Waals surface area contributed by atoms with E-state index < -0.39 is 9.84 Å². The molecule has 6 heteroatoms. The van der Waals surface area contributed by atoms with E-state index in [0.717, 1.165) is 0 Å². The van der Waals surface area contributed by atoms with Crippen molar-refractivity contribution in [2.75, 3.05) is 31.6 Å². The minimum atomic E-state index is -2.93. The van der Waals surface area contributed by atoms with Crippen LogP contribution >= 0.6 is 0 Å². The van der Waals surface area contributed by atoms with E-state index in [1.54, 1.807) is 18.0 Å². The Morgan fingerprint density at radius 2 is 2.29 bits per heavy atom. The first-order valence-electron chi connectivity index (χ1n) is 5.74. The Hall–Kier alpha value is -0.880. The van der Waals surface area contributed by atoms with Crippen molar-refractivity contribution in [1.82, 2.24) is 10.2 Å². The van der Waals surface area contributed by atoms with Crippen molar-refractivity contribution in [1.29, 1.82) is 0 Å². The first-order valence-corrected chi connectivity index (χ1v) is 7.56. The number of carbonyl (C=O) groups is 1. The van der Waals surface area contributed by atoms with E-state index in [2.05, 4.69) is 11.9 Å². The largest absolute Gasteiger partial charge is 0.342 e. The summed E-state index contributed by atoms with van der Waals surface area (Å²) in [6, 6.07) is -0.146. The molecule has 0 bridgehead atoms. The second-order valence-electron chi connectivity index (χ2n) is 4.30. The SMILES string of the molecule is C=CCNCCC(=O)N(C)C1CCS(=O)(=O)C1. The highest BCUT2D eigenvalue weighted by atomic mass is 32.2. The lowest BCUT2D eigenvalue weighted by atomic mass is 10.2. The van der Waals surface area contributed by atoms with E-state index in [0.29, 0.717) is 25.9 Å². The zero-order chi connectivity index (χ0) is 12.9. The van der Waals surface area contributed by atoms with Gasteiger partial charge in [-0.1, -0.05) is 6.08 Å². The summed E-state index contributed by atoms with van der Waals surface area (Å²) in [4.78, 5) is 13.3. The molecule has 17 heavy (non-hydrogen) atoms. The third-order valence-electron chi connectivity index (χ3n) is 2.95. The fraction of sp³-hybridized carbons (Fsp3) is 0.727. The van der Waals surface area contributed by atoms with E-state index in [-0.39, 0.29) is 23.5 Å². The van der Waals surface area contributed by atoms with Crippen LogP contribution in [0.3, 0.4) is 0 Å². The van der Waals surface area contributed by atoms with Crippen LogP contribution in [-0.4, -0.2) is 56.9 Å². The van der Waals surface area contributed by atoms with E-state index in [1.165, 1.54) is 0 Å². The Bertz CT molecular complexity index is 378. The predicted molar refractivity (Wildman–Crippen MR) is 67.5 cm³/mol. The van der Waals surface area contributed by atoms with Gasteiger partial charge in [0.2, 0.25) is 5.91 Å². The molecule has 0 saturated carbocycles. The summed E-state index contributed by atoms with van der Waals surface area (Å²) >= 11 is 0. The van der Waals surface area contributed by atoms with E-state index in [4.69, 9.17) is 0 Å². The second-order valence-corrected chi connectivity index (χ2v) is 6.53. The van der Waals surface area contributed by atoms with Gasteiger partial charge in [0.15, 0.2) is 9.84 Å². The molecule has 0 aromatic rings. The second kappa shape index (κ2) is 6.16. The third-order valence-corrected chi connectivity index (χ3v) is 4.70. The van der Waals surface area contributed by atoms with Gasteiger partial charge in [-0.25, -0.2) is 8.42 Å². The smallest absolute Gasteiger partial charge is 0.223 e. The van der Waals surface area contributed by atoms with Crippen LogP contribution in [0, 0.1) is 0 Å². The predicted octanol–water partition coefficient (Wildman–Crippen LogP) is -0.202. The molecule has 1 unspecified atom stereocenters. The minimum absolute atomic E-state index is 0.0105. The van der Waals surface area contributed by atoms with Crippen LogP contribution in [0.15, 0.2) is 12.7 Å². The molecule has 1 aliphatic rings. The maximum absolute atomic E-state index is 11.8. The average Bonchev–Trinajstić information content (AvgIpc) is 2.64. The van der Waals surface area contributed by atoms with Gasteiger partial charge >= 0.3 is 0 Å². The summed E-state index contributed by atoms with van der Waals surface area (Å²) in [5.41, 5.74) is 0. The molecule has 98 valence electrons. The zero-order valence-corrected chi connectivity index (χ0v) is 11.0. The molecule has 0 radical (unpaired) electrons. The summed E-state index contributed by atoms with van der Waals surface area (Å²) in [7, 11) is -1.24. The summed E-state index contributed by atoms with van der Waals surface area (Å²) < 4.78 is 22.6. The van der Waals surface area contributed by atoms with Gasteiger partial charge in [0, 0.05) is 32.6 Å². The van der Waals surface area contributed by atoms with Crippen molar-refractivity contribution in [3.8, 4) is 0 Å². The van der Waals surface area contributed by atoms with Gasteiger partial charge in [-0.2, -0.15) is 0 Å². The quantitative estimate of drug-likeness (QED) is 0.530. The van der Waals surface area contributed by atoms with Crippen molar-refractivity contribution in [2.45, 2.75) is 18.9 Å². The standard InChI is InChI=1S/C11H20N2O3S/c1-3-6-12-7-4-11(14)13(2)10-5-8-17(15,16)9-10/h3,10,12H,1,4-9H2,2H3. The van der Waals surface area contributed by atoms with Crippen molar-refractivity contribution in [3.63, 3.8) is 0 Å². The number of carbonyl (C=O) groups excluding carboxylic acids is 1. The Morgan fingerprint density at radius 3 is 2.82 bits per heavy atom. The molecular weight excluding hydrogens is 240 g/mol. The molecule has 1 N–H and O–H groups in total.